The number of amides is 1. The van der Waals surface area contributed by atoms with Crippen molar-refractivity contribution >= 4 is 5.91 Å². The van der Waals surface area contributed by atoms with Gasteiger partial charge in [0.05, 0.1) is 25.9 Å². The number of rotatable bonds is 20. The topological polar surface area (TPSA) is 82.8 Å². The van der Waals surface area contributed by atoms with Crippen LogP contribution in [-0.2, 0) is 4.74 Å². The second-order valence-corrected chi connectivity index (χ2v) is 10.9. The summed E-state index contributed by atoms with van der Waals surface area (Å²) in [6.45, 7) is 8.68. The maximum atomic E-state index is 12.8. The van der Waals surface area contributed by atoms with Crippen LogP contribution in [0.3, 0.4) is 0 Å². The highest BCUT2D eigenvalue weighted by molar-refractivity contribution is 5.95. The van der Waals surface area contributed by atoms with Gasteiger partial charge in [-0.05, 0) is 66.8 Å². The Labute approximate surface area is 253 Å². The smallest absolute Gasteiger partial charge is 0.251 e. The van der Waals surface area contributed by atoms with Gasteiger partial charge in [-0.2, -0.15) is 0 Å². The molecule has 3 rings (SSSR count). The lowest BCUT2D eigenvalue weighted by atomic mass is 10.00. The Balaban J connectivity index is 1.30. The minimum Gasteiger partial charge on any atom is -0.493 e. The summed E-state index contributed by atoms with van der Waals surface area (Å²) in [5, 5.41) is 2.94. The normalized spacial score (nSPS) is 11.7. The van der Waals surface area contributed by atoms with Gasteiger partial charge in [0.2, 0.25) is 0 Å². The van der Waals surface area contributed by atoms with Gasteiger partial charge in [0.25, 0.3) is 5.91 Å². The van der Waals surface area contributed by atoms with Gasteiger partial charge in [-0.25, -0.2) is 0 Å². The molecular weight excluding hydrogens is 524 g/mol. The second kappa shape index (κ2) is 19.0. The largest absolute Gasteiger partial charge is 0.493 e. The summed E-state index contributed by atoms with van der Waals surface area (Å²) in [4.78, 5) is 12.8. The van der Waals surface area contributed by atoms with Crippen LogP contribution < -0.4 is 20.5 Å². The van der Waals surface area contributed by atoms with Crippen molar-refractivity contribution in [3.8, 4) is 11.5 Å². The highest BCUT2D eigenvalue weighted by Crippen LogP contribution is 2.25. The number of carbonyl (C=O) groups is 1. The van der Waals surface area contributed by atoms with Crippen LogP contribution in [0.1, 0.15) is 96.9 Å². The first kappa shape index (κ1) is 33.2. The summed E-state index contributed by atoms with van der Waals surface area (Å²) in [6, 6.07) is 21.5. The van der Waals surface area contributed by atoms with E-state index in [0.29, 0.717) is 38.5 Å². The van der Waals surface area contributed by atoms with Crippen molar-refractivity contribution in [1.82, 2.24) is 5.32 Å². The average Bonchev–Trinajstić information content (AvgIpc) is 3.01. The standard InChI is InChI=1S/C36H50N2O4/c1-4-5-6-7-8-9-10-14-22-42-34-27-32(26-28(2)29(34)3)36(39)38-21-23-40-24-25-41-33-19-17-31(18-20-33)35(37)30-15-12-11-13-16-30/h11-13,15-20,26-27,35H,4-10,14,21-25,37H2,1-3H3,(H,38,39). The lowest BCUT2D eigenvalue weighted by Crippen LogP contribution is -2.28. The molecule has 42 heavy (non-hydrogen) atoms. The lowest BCUT2D eigenvalue weighted by molar-refractivity contribution is 0.0866. The molecule has 0 aliphatic rings. The monoisotopic (exact) mass is 574 g/mol. The number of nitrogens with one attached hydrogen (secondary N) is 1. The predicted octanol–water partition coefficient (Wildman–Crippen LogP) is 7.70. The molecule has 1 unspecified atom stereocenters. The lowest BCUT2D eigenvalue weighted by Gasteiger charge is -2.14. The number of aryl methyl sites for hydroxylation is 1. The molecule has 228 valence electrons. The number of carbonyl (C=O) groups excluding carboxylic acids is 1. The summed E-state index contributed by atoms with van der Waals surface area (Å²) >= 11 is 0. The average molecular weight is 575 g/mol. The van der Waals surface area contributed by atoms with Gasteiger partial charge in [-0.3, -0.25) is 4.79 Å². The van der Waals surface area contributed by atoms with Gasteiger partial charge in [0.15, 0.2) is 0 Å². The number of hydrogen-bond donors (Lipinski definition) is 2. The van der Waals surface area contributed by atoms with Crippen LogP contribution in [0.5, 0.6) is 11.5 Å². The highest BCUT2D eigenvalue weighted by atomic mass is 16.5. The fourth-order valence-electron chi connectivity index (χ4n) is 4.81. The van der Waals surface area contributed by atoms with E-state index in [4.69, 9.17) is 19.9 Å². The van der Waals surface area contributed by atoms with E-state index in [9.17, 15) is 4.79 Å². The van der Waals surface area contributed by atoms with Crippen LogP contribution in [0, 0.1) is 13.8 Å². The van der Waals surface area contributed by atoms with E-state index in [2.05, 4.69) is 12.2 Å². The van der Waals surface area contributed by atoms with E-state index in [0.717, 1.165) is 40.2 Å². The van der Waals surface area contributed by atoms with Crippen molar-refractivity contribution in [3.05, 3.63) is 94.5 Å². The van der Waals surface area contributed by atoms with Gasteiger partial charge < -0.3 is 25.3 Å². The van der Waals surface area contributed by atoms with Crippen LogP contribution in [0.25, 0.3) is 0 Å². The zero-order chi connectivity index (χ0) is 30.0. The Morgan fingerprint density at radius 1 is 0.762 bits per heavy atom. The minimum absolute atomic E-state index is 0.122. The molecule has 0 saturated carbocycles. The third-order valence-electron chi connectivity index (χ3n) is 7.56. The quantitative estimate of drug-likeness (QED) is 0.135. The summed E-state index contributed by atoms with van der Waals surface area (Å²) in [6.07, 6.45) is 10.1. The molecule has 3 aromatic rings. The summed E-state index contributed by atoms with van der Waals surface area (Å²) in [7, 11) is 0. The molecule has 6 nitrogen and oxygen atoms in total. The third-order valence-corrected chi connectivity index (χ3v) is 7.56. The van der Waals surface area contributed by atoms with Gasteiger partial charge in [-0.1, -0.05) is 94.3 Å². The van der Waals surface area contributed by atoms with Gasteiger partial charge in [0.1, 0.15) is 18.1 Å². The summed E-state index contributed by atoms with van der Waals surface area (Å²) in [5.74, 6) is 1.45. The van der Waals surface area contributed by atoms with Gasteiger partial charge >= 0.3 is 0 Å². The fourth-order valence-corrected chi connectivity index (χ4v) is 4.81. The minimum atomic E-state index is -0.165. The van der Waals surface area contributed by atoms with E-state index in [1.165, 1.54) is 44.9 Å². The number of benzene rings is 3. The Bertz CT molecular complexity index is 1180. The van der Waals surface area contributed by atoms with E-state index >= 15 is 0 Å². The van der Waals surface area contributed by atoms with Crippen molar-refractivity contribution in [2.45, 2.75) is 78.2 Å². The van der Waals surface area contributed by atoms with Gasteiger partial charge in [0, 0.05) is 12.1 Å². The Kier molecular flexibility index (Phi) is 15.0. The molecule has 0 heterocycles. The van der Waals surface area contributed by atoms with Crippen molar-refractivity contribution in [3.63, 3.8) is 0 Å². The zero-order valence-corrected chi connectivity index (χ0v) is 25.8. The molecule has 0 spiro atoms. The molecule has 0 aliphatic heterocycles. The van der Waals surface area contributed by atoms with Crippen LogP contribution in [0.15, 0.2) is 66.7 Å². The molecule has 3 aromatic carbocycles. The van der Waals surface area contributed by atoms with Crippen LogP contribution in [0.2, 0.25) is 0 Å². The number of hydrogen-bond acceptors (Lipinski definition) is 5. The van der Waals surface area contributed by atoms with Crippen LogP contribution in [-0.4, -0.2) is 38.9 Å². The zero-order valence-electron chi connectivity index (χ0n) is 25.8. The molecule has 0 bridgehead atoms. The first-order valence-corrected chi connectivity index (χ1v) is 15.6. The molecule has 1 atom stereocenters. The summed E-state index contributed by atoms with van der Waals surface area (Å²) in [5.41, 5.74) is 11.2. The molecule has 0 aromatic heterocycles. The Morgan fingerprint density at radius 3 is 2.14 bits per heavy atom. The molecule has 0 aliphatic carbocycles. The van der Waals surface area contributed by atoms with Crippen molar-refractivity contribution < 1.29 is 19.0 Å². The summed E-state index contributed by atoms with van der Waals surface area (Å²) < 4.78 is 17.5. The number of ether oxygens (including phenoxy) is 3. The SMILES string of the molecule is CCCCCCCCCCOc1cc(C(=O)NCCOCCOc2ccc(C(N)c3ccccc3)cc2)cc(C)c1C. The first-order valence-electron chi connectivity index (χ1n) is 15.6. The highest BCUT2D eigenvalue weighted by Gasteiger charge is 2.12. The van der Waals surface area contributed by atoms with E-state index in [1.807, 2.05) is 80.6 Å². The fraction of sp³-hybridized carbons (Fsp3) is 0.472. The molecular formula is C36H50N2O4. The maximum Gasteiger partial charge on any atom is 0.251 e. The second-order valence-electron chi connectivity index (χ2n) is 10.9. The molecule has 6 heteroatoms. The van der Waals surface area contributed by atoms with Crippen molar-refractivity contribution in [1.29, 1.82) is 0 Å². The molecule has 0 fully saturated rings. The molecule has 0 radical (unpaired) electrons. The Morgan fingerprint density at radius 2 is 1.43 bits per heavy atom. The number of unbranched alkanes of at least 4 members (excludes halogenated alkanes) is 7. The van der Waals surface area contributed by atoms with Crippen molar-refractivity contribution in [2.24, 2.45) is 5.73 Å². The molecule has 0 saturated heterocycles. The molecule has 3 N–H and O–H groups in total. The predicted molar refractivity (Wildman–Crippen MR) is 172 cm³/mol. The first-order chi connectivity index (χ1) is 20.5. The van der Waals surface area contributed by atoms with E-state index in [1.54, 1.807) is 0 Å². The van der Waals surface area contributed by atoms with Gasteiger partial charge in [-0.15, -0.1) is 0 Å². The van der Waals surface area contributed by atoms with Crippen LogP contribution in [0.4, 0.5) is 0 Å². The Hall–Kier alpha value is -3.35. The maximum absolute atomic E-state index is 12.8. The van der Waals surface area contributed by atoms with E-state index in [-0.39, 0.29) is 11.9 Å². The van der Waals surface area contributed by atoms with Crippen molar-refractivity contribution in [2.75, 3.05) is 33.0 Å². The third kappa shape index (κ3) is 11.5. The van der Waals surface area contributed by atoms with E-state index < -0.39 is 0 Å². The van der Waals surface area contributed by atoms with Crippen LogP contribution >= 0.6 is 0 Å². The number of nitrogens with two attached hydrogens (primary N) is 1. The molecule has 1 amide bonds.